The third-order valence-electron chi connectivity index (χ3n) is 4.48. The second-order valence-corrected chi connectivity index (χ2v) is 8.40. The molecule has 146 valence electrons. The minimum Gasteiger partial charge on any atom is -0.309 e. The van der Waals surface area contributed by atoms with Crippen LogP contribution in [0.5, 0.6) is 0 Å². The summed E-state index contributed by atoms with van der Waals surface area (Å²) in [6.45, 7) is 2.33. The molecule has 0 atom stereocenters. The van der Waals surface area contributed by atoms with Gasteiger partial charge in [0.05, 0.1) is 28.8 Å². The first-order valence-corrected chi connectivity index (χ1v) is 10.6. The summed E-state index contributed by atoms with van der Waals surface area (Å²) in [5.74, 6) is -1.03. The highest BCUT2D eigenvalue weighted by Gasteiger charge is 2.27. The fourth-order valence-corrected chi connectivity index (χ4v) is 4.46. The molecule has 0 radical (unpaired) electrons. The maximum absolute atomic E-state index is 14.7. The Balaban J connectivity index is 1.83. The van der Waals surface area contributed by atoms with Crippen LogP contribution >= 0.6 is 0 Å². The van der Waals surface area contributed by atoms with E-state index in [0.29, 0.717) is 36.1 Å². The molecule has 0 bridgehead atoms. The smallest absolute Gasteiger partial charge is 0.236 e. The number of nitrogens with zero attached hydrogens (tertiary/aromatic N) is 2. The zero-order valence-corrected chi connectivity index (χ0v) is 16.2. The van der Waals surface area contributed by atoms with Crippen molar-refractivity contribution in [1.29, 1.82) is 5.26 Å². The summed E-state index contributed by atoms with van der Waals surface area (Å²) in [4.78, 5) is 13.5. The molecule has 1 aliphatic rings. The highest BCUT2D eigenvalue weighted by molar-refractivity contribution is 7.91. The monoisotopic (exact) mass is 401 g/mol. The summed E-state index contributed by atoms with van der Waals surface area (Å²) < 4.78 is 42.0. The van der Waals surface area contributed by atoms with Gasteiger partial charge in [-0.05, 0) is 42.2 Å². The molecule has 3 rings (SSSR count). The van der Waals surface area contributed by atoms with Gasteiger partial charge in [-0.2, -0.15) is 5.26 Å². The van der Waals surface area contributed by atoms with Crippen molar-refractivity contribution in [3.8, 4) is 6.07 Å². The van der Waals surface area contributed by atoms with Crippen LogP contribution in [0.25, 0.3) is 0 Å². The average Bonchev–Trinajstić information content (AvgIpc) is 2.64. The number of aryl methyl sites for hydroxylation is 1. The highest BCUT2D eigenvalue weighted by atomic mass is 32.2. The molecule has 28 heavy (non-hydrogen) atoms. The Bertz CT molecular complexity index is 1040. The normalized spacial score (nSPS) is 13.8. The zero-order chi connectivity index (χ0) is 20.3. The van der Waals surface area contributed by atoms with Crippen LogP contribution in [0.1, 0.15) is 36.5 Å². The predicted molar refractivity (Wildman–Crippen MR) is 105 cm³/mol. The Labute approximate surface area is 163 Å². The fraction of sp³-hybridized carbons (Fsp3) is 0.300. The zero-order valence-electron chi connectivity index (χ0n) is 15.4. The molecule has 1 aliphatic heterocycles. The molecule has 0 aromatic heterocycles. The number of carbonyl (C=O) groups is 1. The number of amides is 1. The molecule has 1 amide bonds. The molecule has 0 unspecified atom stereocenters. The number of hydrogen-bond donors (Lipinski definition) is 1. The Morgan fingerprint density at radius 2 is 1.93 bits per heavy atom. The second kappa shape index (κ2) is 7.98. The maximum atomic E-state index is 14.7. The number of carbonyl (C=O) groups excluding carboxylic acids is 1. The van der Waals surface area contributed by atoms with Crippen molar-refractivity contribution >= 4 is 27.3 Å². The number of anilines is 2. The van der Waals surface area contributed by atoms with Crippen LogP contribution in [0, 0.1) is 17.1 Å². The first-order valence-electron chi connectivity index (χ1n) is 8.95. The van der Waals surface area contributed by atoms with Crippen LogP contribution in [0.2, 0.25) is 0 Å². The Morgan fingerprint density at radius 1 is 1.21 bits per heavy atom. The number of benzene rings is 2. The molecule has 0 spiro atoms. The summed E-state index contributed by atoms with van der Waals surface area (Å²) in [5.41, 5.74) is 1.95. The van der Waals surface area contributed by atoms with Gasteiger partial charge in [-0.1, -0.05) is 19.1 Å². The Morgan fingerprint density at radius 3 is 2.57 bits per heavy atom. The van der Waals surface area contributed by atoms with Crippen molar-refractivity contribution in [3.63, 3.8) is 0 Å². The molecule has 1 heterocycles. The van der Waals surface area contributed by atoms with E-state index in [2.05, 4.69) is 4.72 Å². The molecule has 0 fully saturated rings. The summed E-state index contributed by atoms with van der Waals surface area (Å²) >= 11 is 0. The van der Waals surface area contributed by atoms with Gasteiger partial charge >= 0.3 is 0 Å². The van der Waals surface area contributed by atoms with Gasteiger partial charge in [0.25, 0.3) is 0 Å². The van der Waals surface area contributed by atoms with Crippen molar-refractivity contribution in [1.82, 2.24) is 0 Å². The quantitative estimate of drug-likeness (QED) is 0.804. The van der Waals surface area contributed by atoms with Gasteiger partial charge in [-0.15, -0.1) is 0 Å². The van der Waals surface area contributed by atoms with E-state index >= 15 is 0 Å². The van der Waals surface area contributed by atoms with E-state index in [1.807, 2.05) is 13.0 Å². The van der Waals surface area contributed by atoms with Crippen molar-refractivity contribution in [2.24, 2.45) is 0 Å². The molecule has 2 aromatic rings. The van der Waals surface area contributed by atoms with Crippen LogP contribution in [0.4, 0.5) is 15.8 Å². The van der Waals surface area contributed by atoms with Gasteiger partial charge in [-0.25, -0.2) is 12.8 Å². The van der Waals surface area contributed by atoms with E-state index in [-0.39, 0.29) is 29.5 Å². The van der Waals surface area contributed by atoms with Crippen molar-refractivity contribution in [3.05, 3.63) is 58.9 Å². The number of fused-ring (bicyclic) bond motifs is 1. The van der Waals surface area contributed by atoms with Crippen LogP contribution in [-0.2, 0) is 27.0 Å². The summed E-state index contributed by atoms with van der Waals surface area (Å²) in [5, 5.41) is 8.81. The van der Waals surface area contributed by atoms with Crippen molar-refractivity contribution in [2.45, 2.75) is 31.9 Å². The highest BCUT2D eigenvalue weighted by Crippen LogP contribution is 2.34. The average molecular weight is 401 g/mol. The van der Waals surface area contributed by atoms with Crippen LogP contribution in [0.3, 0.4) is 0 Å². The first-order chi connectivity index (χ1) is 13.3. The minimum absolute atomic E-state index is 0.123. The number of sulfonamides is 1. The number of rotatable bonds is 6. The largest absolute Gasteiger partial charge is 0.309 e. The lowest BCUT2D eigenvalue weighted by atomic mass is 10.00. The van der Waals surface area contributed by atoms with Gasteiger partial charge in [0.15, 0.2) is 0 Å². The standard InChI is InChI=1S/C20H20FN3O3S/c1-2-9-24-19(25)8-7-16-10-17(11-18(21)20(16)24)23-28(26,27)13-15-5-3-14(12-22)4-6-15/h3-6,10-11,23H,2,7-9,13H2,1H3. The Hall–Kier alpha value is -2.92. The number of nitrogens with one attached hydrogen (secondary N) is 1. The van der Waals surface area contributed by atoms with Crippen LogP contribution in [0.15, 0.2) is 36.4 Å². The van der Waals surface area contributed by atoms with E-state index < -0.39 is 15.8 Å². The van der Waals surface area contributed by atoms with Crippen LogP contribution in [-0.4, -0.2) is 20.9 Å². The molecule has 8 heteroatoms. The molecular weight excluding hydrogens is 381 g/mol. The SMILES string of the molecule is CCCN1C(=O)CCc2cc(NS(=O)(=O)Cc3ccc(C#N)cc3)cc(F)c21. The summed E-state index contributed by atoms with van der Waals surface area (Å²) in [6, 6.07) is 10.9. The van der Waals surface area contributed by atoms with E-state index in [0.717, 1.165) is 6.07 Å². The predicted octanol–water partition coefficient (Wildman–Crippen LogP) is 3.33. The van der Waals surface area contributed by atoms with Gasteiger partial charge in [0, 0.05) is 19.0 Å². The lowest BCUT2D eigenvalue weighted by molar-refractivity contribution is -0.118. The minimum atomic E-state index is -3.77. The second-order valence-electron chi connectivity index (χ2n) is 6.68. The van der Waals surface area contributed by atoms with Crippen molar-refractivity contribution in [2.75, 3.05) is 16.2 Å². The van der Waals surface area contributed by atoms with Gasteiger partial charge in [-0.3, -0.25) is 9.52 Å². The van der Waals surface area contributed by atoms with Gasteiger partial charge in [0.2, 0.25) is 15.9 Å². The van der Waals surface area contributed by atoms with Crippen LogP contribution < -0.4 is 9.62 Å². The molecule has 0 saturated heterocycles. The van der Waals surface area contributed by atoms with Gasteiger partial charge in [0.1, 0.15) is 5.82 Å². The number of halogens is 1. The van der Waals surface area contributed by atoms with E-state index in [9.17, 15) is 17.6 Å². The van der Waals surface area contributed by atoms with Gasteiger partial charge < -0.3 is 4.90 Å². The Kier molecular flexibility index (Phi) is 5.66. The lowest BCUT2D eigenvalue weighted by Gasteiger charge is -2.30. The molecule has 0 saturated carbocycles. The van der Waals surface area contributed by atoms with E-state index in [4.69, 9.17) is 5.26 Å². The maximum Gasteiger partial charge on any atom is 0.236 e. The van der Waals surface area contributed by atoms with E-state index in [1.165, 1.54) is 4.90 Å². The summed E-state index contributed by atoms with van der Waals surface area (Å²) in [6.07, 6.45) is 1.34. The lowest BCUT2D eigenvalue weighted by Crippen LogP contribution is -2.36. The summed E-state index contributed by atoms with van der Waals surface area (Å²) in [7, 11) is -3.77. The molecule has 1 N–H and O–H groups in total. The molecule has 2 aromatic carbocycles. The van der Waals surface area contributed by atoms with E-state index in [1.54, 1.807) is 30.3 Å². The topological polar surface area (TPSA) is 90.3 Å². The molecule has 0 aliphatic carbocycles. The number of nitriles is 1. The first kappa shape index (κ1) is 19.8. The molecule has 6 nitrogen and oxygen atoms in total. The third kappa shape index (κ3) is 4.31. The fourth-order valence-electron chi connectivity index (χ4n) is 3.28. The molecular formula is C20H20FN3O3S. The third-order valence-corrected chi connectivity index (χ3v) is 5.74. The number of hydrogen-bond acceptors (Lipinski definition) is 4. The van der Waals surface area contributed by atoms with Crippen molar-refractivity contribution < 1.29 is 17.6 Å².